The highest BCUT2D eigenvalue weighted by Gasteiger charge is 2.17. The smallest absolute Gasteiger partial charge is 0.122 e. The second-order valence-electron chi connectivity index (χ2n) is 4.78. The maximum atomic E-state index is 6.11. The first-order valence-corrected chi connectivity index (χ1v) is 7.38. The Labute approximate surface area is 122 Å². The van der Waals surface area contributed by atoms with Gasteiger partial charge < -0.3 is 4.74 Å². The van der Waals surface area contributed by atoms with Crippen LogP contribution in [0.4, 0.5) is 0 Å². The third-order valence-electron chi connectivity index (χ3n) is 3.18. The molecule has 0 spiro atoms. The minimum Gasteiger partial charge on any atom is -0.493 e. The van der Waals surface area contributed by atoms with E-state index in [-0.39, 0.29) is 0 Å². The molecule has 0 fully saturated rings. The van der Waals surface area contributed by atoms with Crippen molar-refractivity contribution in [3.63, 3.8) is 0 Å². The van der Waals surface area contributed by atoms with Crippen molar-refractivity contribution >= 4 is 11.6 Å². The maximum absolute atomic E-state index is 6.11. The van der Waals surface area contributed by atoms with Crippen molar-refractivity contribution in [3.8, 4) is 17.6 Å². The van der Waals surface area contributed by atoms with Gasteiger partial charge in [-0.25, -0.2) is 0 Å². The van der Waals surface area contributed by atoms with Crippen LogP contribution in [0.15, 0.2) is 18.2 Å². The van der Waals surface area contributed by atoms with E-state index in [1.807, 2.05) is 18.2 Å². The van der Waals surface area contributed by atoms with Gasteiger partial charge in [-0.1, -0.05) is 45.2 Å². The molecule has 2 unspecified atom stereocenters. The van der Waals surface area contributed by atoms with Crippen molar-refractivity contribution in [2.24, 2.45) is 5.92 Å². The fraction of sp³-hybridized carbons (Fsp3) is 0.529. The SMILES string of the molecule is CCC#CC(C)C(C)c1cc(Cl)ccc1OCCC. The van der Waals surface area contributed by atoms with Gasteiger partial charge in [-0.05, 0) is 36.1 Å². The monoisotopic (exact) mass is 278 g/mol. The Balaban J connectivity index is 2.98. The summed E-state index contributed by atoms with van der Waals surface area (Å²) in [5.74, 6) is 7.97. The van der Waals surface area contributed by atoms with Crippen LogP contribution in [0, 0.1) is 17.8 Å². The molecule has 0 radical (unpaired) electrons. The van der Waals surface area contributed by atoms with Crippen LogP contribution in [-0.2, 0) is 0 Å². The van der Waals surface area contributed by atoms with Crippen molar-refractivity contribution in [2.75, 3.05) is 6.61 Å². The molecule has 0 aliphatic rings. The van der Waals surface area contributed by atoms with Crippen LogP contribution in [-0.4, -0.2) is 6.61 Å². The topological polar surface area (TPSA) is 9.23 Å². The molecule has 0 N–H and O–H groups in total. The first-order valence-electron chi connectivity index (χ1n) is 7.00. The molecular weight excluding hydrogens is 256 g/mol. The molecule has 1 aromatic rings. The number of benzene rings is 1. The minimum atomic E-state index is 0.294. The van der Waals surface area contributed by atoms with E-state index in [2.05, 4.69) is 39.5 Å². The highest BCUT2D eigenvalue weighted by molar-refractivity contribution is 6.30. The fourth-order valence-electron chi connectivity index (χ4n) is 1.88. The summed E-state index contributed by atoms with van der Waals surface area (Å²) in [7, 11) is 0. The summed E-state index contributed by atoms with van der Waals surface area (Å²) in [5, 5.41) is 0.751. The number of hydrogen-bond acceptors (Lipinski definition) is 1. The normalized spacial score (nSPS) is 13.3. The van der Waals surface area contributed by atoms with E-state index in [9.17, 15) is 0 Å². The first-order chi connectivity index (χ1) is 9.10. The van der Waals surface area contributed by atoms with Crippen LogP contribution in [0.3, 0.4) is 0 Å². The van der Waals surface area contributed by atoms with Gasteiger partial charge in [0.25, 0.3) is 0 Å². The van der Waals surface area contributed by atoms with Gasteiger partial charge in [0.15, 0.2) is 0 Å². The molecule has 104 valence electrons. The summed E-state index contributed by atoms with van der Waals surface area (Å²) < 4.78 is 5.81. The third kappa shape index (κ3) is 4.80. The number of ether oxygens (including phenoxy) is 1. The lowest BCUT2D eigenvalue weighted by Gasteiger charge is -2.19. The van der Waals surface area contributed by atoms with Gasteiger partial charge in [0.1, 0.15) is 5.75 Å². The molecule has 2 atom stereocenters. The summed E-state index contributed by atoms with van der Waals surface area (Å²) >= 11 is 6.11. The zero-order chi connectivity index (χ0) is 14.3. The van der Waals surface area contributed by atoms with Gasteiger partial charge in [0, 0.05) is 17.4 Å². The van der Waals surface area contributed by atoms with E-state index >= 15 is 0 Å². The molecule has 0 aromatic heterocycles. The van der Waals surface area contributed by atoms with Crippen molar-refractivity contribution in [1.29, 1.82) is 0 Å². The maximum Gasteiger partial charge on any atom is 0.122 e. The lowest BCUT2D eigenvalue weighted by Crippen LogP contribution is -2.07. The Morgan fingerprint density at radius 1 is 1.26 bits per heavy atom. The molecule has 0 aliphatic carbocycles. The van der Waals surface area contributed by atoms with Crippen LogP contribution in [0.1, 0.15) is 52.0 Å². The van der Waals surface area contributed by atoms with Crippen LogP contribution in [0.2, 0.25) is 5.02 Å². The molecular formula is C17H23ClO. The first kappa shape index (κ1) is 15.9. The van der Waals surface area contributed by atoms with Gasteiger partial charge in [-0.3, -0.25) is 0 Å². The Morgan fingerprint density at radius 3 is 2.63 bits per heavy atom. The molecule has 19 heavy (non-hydrogen) atoms. The Morgan fingerprint density at radius 2 is 2.00 bits per heavy atom. The Bertz CT molecular complexity index is 456. The molecule has 2 heteroatoms. The lowest BCUT2D eigenvalue weighted by molar-refractivity contribution is 0.311. The largest absolute Gasteiger partial charge is 0.493 e. The minimum absolute atomic E-state index is 0.294. The van der Waals surface area contributed by atoms with Crippen molar-refractivity contribution in [2.45, 2.75) is 46.5 Å². The average molecular weight is 279 g/mol. The molecule has 0 saturated heterocycles. The number of halogens is 1. The van der Waals surface area contributed by atoms with E-state index in [1.165, 1.54) is 0 Å². The summed E-state index contributed by atoms with van der Waals surface area (Å²) in [4.78, 5) is 0. The highest BCUT2D eigenvalue weighted by Crippen LogP contribution is 2.33. The second kappa shape index (κ2) is 8.12. The van der Waals surface area contributed by atoms with Gasteiger partial charge in [0.2, 0.25) is 0 Å². The molecule has 0 saturated carbocycles. The Hall–Kier alpha value is -1.13. The summed E-state index contributed by atoms with van der Waals surface area (Å²) in [6, 6.07) is 5.84. The van der Waals surface area contributed by atoms with Crippen LogP contribution < -0.4 is 4.74 Å². The quantitative estimate of drug-likeness (QED) is 0.666. The van der Waals surface area contributed by atoms with E-state index in [4.69, 9.17) is 16.3 Å². The predicted octanol–water partition coefficient (Wildman–Crippen LogP) is 5.28. The molecule has 0 bridgehead atoms. The van der Waals surface area contributed by atoms with Gasteiger partial charge in [-0.2, -0.15) is 0 Å². The average Bonchev–Trinajstić information content (AvgIpc) is 2.42. The summed E-state index contributed by atoms with van der Waals surface area (Å²) in [6.45, 7) is 9.24. The molecule has 0 heterocycles. The van der Waals surface area contributed by atoms with Crippen LogP contribution in [0.5, 0.6) is 5.75 Å². The van der Waals surface area contributed by atoms with E-state index < -0.39 is 0 Å². The highest BCUT2D eigenvalue weighted by atomic mass is 35.5. The van der Waals surface area contributed by atoms with Crippen LogP contribution >= 0.6 is 11.6 Å². The molecule has 1 rings (SSSR count). The van der Waals surface area contributed by atoms with Crippen molar-refractivity contribution < 1.29 is 4.74 Å². The second-order valence-corrected chi connectivity index (χ2v) is 5.22. The molecule has 1 nitrogen and oxygen atoms in total. The van der Waals surface area contributed by atoms with Crippen molar-refractivity contribution in [3.05, 3.63) is 28.8 Å². The zero-order valence-corrected chi connectivity index (χ0v) is 13.1. The summed E-state index contributed by atoms with van der Waals surface area (Å²) in [6.07, 6.45) is 1.90. The molecule has 1 aromatic carbocycles. The van der Waals surface area contributed by atoms with Crippen molar-refractivity contribution in [1.82, 2.24) is 0 Å². The zero-order valence-electron chi connectivity index (χ0n) is 12.3. The molecule has 0 aliphatic heterocycles. The van der Waals surface area contributed by atoms with E-state index in [0.29, 0.717) is 11.8 Å². The predicted molar refractivity (Wildman–Crippen MR) is 82.9 cm³/mol. The van der Waals surface area contributed by atoms with Gasteiger partial charge >= 0.3 is 0 Å². The number of hydrogen-bond donors (Lipinski definition) is 0. The molecule has 0 amide bonds. The van der Waals surface area contributed by atoms with Gasteiger partial charge in [-0.15, -0.1) is 5.92 Å². The van der Waals surface area contributed by atoms with Crippen LogP contribution in [0.25, 0.3) is 0 Å². The van der Waals surface area contributed by atoms with E-state index in [1.54, 1.807) is 0 Å². The summed E-state index contributed by atoms with van der Waals surface area (Å²) in [5.41, 5.74) is 1.15. The fourth-order valence-corrected chi connectivity index (χ4v) is 2.06. The van der Waals surface area contributed by atoms with Gasteiger partial charge in [0.05, 0.1) is 6.61 Å². The standard InChI is InChI=1S/C17H23ClO/c1-5-7-8-13(3)14(4)16-12-15(18)9-10-17(16)19-11-6-2/h9-10,12-14H,5-6,11H2,1-4H3. The lowest BCUT2D eigenvalue weighted by atomic mass is 9.88. The van der Waals surface area contributed by atoms with E-state index in [0.717, 1.165) is 35.8 Å². The Kier molecular flexibility index (Phi) is 6.81. The number of rotatable bonds is 5. The third-order valence-corrected chi connectivity index (χ3v) is 3.42.